The first-order valence-electron chi connectivity index (χ1n) is 13.4. The molecule has 0 N–H and O–H groups in total. The number of rotatable bonds is 4. The van der Waals surface area contributed by atoms with Crippen molar-refractivity contribution in [3.63, 3.8) is 0 Å². The van der Waals surface area contributed by atoms with Crippen molar-refractivity contribution in [1.82, 2.24) is 19.3 Å². The molecular formula is C29H31F5N4O2. The Morgan fingerprint density at radius 1 is 0.800 bits per heavy atom. The third kappa shape index (κ3) is 5.56. The number of carbonyl (C=O) groups is 2. The average molecular weight is 563 g/mol. The van der Waals surface area contributed by atoms with E-state index in [9.17, 15) is 31.5 Å². The zero-order valence-corrected chi connectivity index (χ0v) is 22.3. The molecule has 0 saturated carbocycles. The Balaban J connectivity index is 1.51. The van der Waals surface area contributed by atoms with Crippen LogP contribution in [0.3, 0.4) is 0 Å². The van der Waals surface area contributed by atoms with Crippen molar-refractivity contribution in [3.8, 4) is 5.69 Å². The molecule has 2 amide bonds. The number of halogens is 5. The van der Waals surface area contributed by atoms with Gasteiger partial charge in [-0.05, 0) is 62.4 Å². The summed E-state index contributed by atoms with van der Waals surface area (Å²) in [4.78, 5) is 32.3. The van der Waals surface area contributed by atoms with E-state index in [0.717, 1.165) is 25.2 Å². The van der Waals surface area contributed by atoms with Crippen LogP contribution < -0.4 is 0 Å². The van der Waals surface area contributed by atoms with Gasteiger partial charge in [-0.3, -0.25) is 14.5 Å². The minimum absolute atomic E-state index is 0.132. The van der Waals surface area contributed by atoms with Crippen LogP contribution in [0.25, 0.3) is 16.6 Å². The molecule has 11 heteroatoms. The number of likely N-dealkylation sites (tertiary alicyclic amines) is 1. The Kier molecular flexibility index (Phi) is 7.37. The molecule has 5 rings (SSSR count). The predicted octanol–water partition coefficient (Wildman–Crippen LogP) is 5.69. The molecule has 3 aromatic rings. The van der Waals surface area contributed by atoms with Gasteiger partial charge in [-0.2, -0.15) is 13.2 Å². The van der Waals surface area contributed by atoms with Crippen molar-refractivity contribution < 1.29 is 31.5 Å². The summed E-state index contributed by atoms with van der Waals surface area (Å²) in [5.41, 5.74) is 0.579. The molecule has 2 aliphatic rings. The third-order valence-electron chi connectivity index (χ3n) is 7.83. The first-order valence-corrected chi connectivity index (χ1v) is 13.4. The van der Waals surface area contributed by atoms with Crippen molar-refractivity contribution in [1.29, 1.82) is 0 Å². The molecule has 0 aliphatic carbocycles. The molecule has 0 spiro atoms. The maximum atomic E-state index is 13.8. The van der Waals surface area contributed by atoms with Gasteiger partial charge in [-0.25, -0.2) is 8.78 Å². The molecule has 1 aromatic heterocycles. The maximum absolute atomic E-state index is 13.8. The van der Waals surface area contributed by atoms with Crippen LogP contribution in [0.2, 0.25) is 0 Å². The number of amides is 2. The lowest BCUT2D eigenvalue weighted by atomic mass is 10.1. The van der Waals surface area contributed by atoms with E-state index in [4.69, 9.17) is 0 Å². The molecular weight excluding hydrogens is 531 g/mol. The van der Waals surface area contributed by atoms with Gasteiger partial charge in [-0.1, -0.05) is 0 Å². The van der Waals surface area contributed by atoms with Crippen LogP contribution in [0, 0.1) is 0 Å². The zero-order valence-electron chi connectivity index (χ0n) is 22.3. The number of piperazine rings is 1. The molecule has 2 aromatic carbocycles. The Morgan fingerprint density at radius 3 is 1.98 bits per heavy atom. The van der Waals surface area contributed by atoms with Gasteiger partial charge < -0.3 is 14.4 Å². The highest BCUT2D eigenvalue weighted by atomic mass is 19.4. The van der Waals surface area contributed by atoms with Crippen LogP contribution in [0.15, 0.2) is 48.5 Å². The van der Waals surface area contributed by atoms with E-state index in [1.54, 1.807) is 29.2 Å². The van der Waals surface area contributed by atoms with Gasteiger partial charge in [0.25, 0.3) is 17.7 Å². The van der Waals surface area contributed by atoms with Crippen molar-refractivity contribution >= 4 is 22.7 Å². The van der Waals surface area contributed by atoms with E-state index in [1.165, 1.54) is 21.6 Å². The smallest absolute Gasteiger partial charge is 0.337 e. The molecule has 0 atom stereocenters. The number of hydrogen-bond donors (Lipinski definition) is 0. The number of piperidine rings is 1. The normalized spacial score (nSPS) is 18.5. The second-order valence-electron chi connectivity index (χ2n) is 10.8. The zero-order chi connectivity index (χ0) is 28.8. The first kappa shape index (κ1) is 28.1. The summed E-state index contributed by atoms with van der Waals surface area (Å²) in [5.74, 6) is -3.48. The molecule has 214 valence electrons. The maximum Gasteiger partial charge on any atom is 0.416 e. The second kappa shape index (κ2) is 10.5. The topological polar surface area (TPSA) is 48.8 Å². The highest BCUT2D eigenvalue weighted by molar-refractivity contribution is 6.03. The molecule has 0 radical (unpaired) electrons. The number of nitrogens with zero attached hydrogens (tertiary/aromatic N) is 4. The van der Waals surface area contributed by atoms with Crippen molar-refractivity contribution in [2.75, 3.05) is 39.3 Å². The molecule has 0 unspecified atom stereocenters. The Morgan fingerprint density at radius 2 is 1.40 bits per heavy atom. The van der Waals surface area contributed by atoms with Gasteiger partial charge in [0.15, 0.2) is 0 Å². The summed E-state index contributed by atoms with van der Waals surface area (Å²) in [6.07, 6.45) is -5.44. The quantitative estimate of drug-likeness (QED) is 0.384. The number of aromatic nitrogens is 1. The van der Waals surface area contributed by atoms with Crippen LogP contribution >= 0.6 is 0 Å². The Labute approximate surface area is 228 Å². The van der Waals surface area contributed by atoms with Crippen LogP contribution in [-0.2, 0) is 6.18 Å². The Bertz CT molecular complexity index is 1400. The lowest BCUT2D eigenvalue weighted by Gasteiger charge is -2.37. The lowest BCUT2D eigenvalue weighted by molar-refractivity contribution is -0.137. The number of carbonyl (C=O) groups excluding carboxylic acids is 2. The van der Waals surface area contributed by atoms with Gasteiger partial charge in [0.1, 0.15) is 5.69 Å². The molecule has 2 saturated heterocycles. The SMILES string of the molecule is CC(C)N1CCN(C(=O)c2ccc3c(c2)cc(C(=O)N2CCC(F)(F)CC2)n3-c2ccc(C(F)(F)F)cc2)CC1. The predicted molar refractivity (Wildman–Crippen MR) is 141 cm³/mol. The largest absolute Gasteiger partial charge is 0.416 e. The van der Waals surface area contributed by atoms with Crippen molar-refractivity contribution in [2.24, 2.45) is 0 Å². The van der Waals surface area contributed by atoms with E-state index in [-0.39, 0.29) is 24.7 Å². The van der Waals surface area contributed by atoms with Crippen LogP contribution in [0.5, 0.6) is 0 Å². The second-order valence-corrected chi connectivity index (χ2v) is 10.8. The fraction of sp³-hybridized carbons (Fsp3) is 0.448. The first-order chi connectivity index (χ1) is 18.8. The number of benzene rings is 2. The average Bonchev–Trinajstić information content (AvgIpc) is 3.30. The van der Waals surface area contributed by atoms with Crippen LogP contribution in [-0.4, -0.2) is 82.3 Å². The van der Waals surface area contributed by atoms with E-state index >= 15 is 0 Å². The Hall–Kier alpha value is -3.47. The van der Waals surface area contributed by atoms with Gasteiger partial charge in [0, 0.05) is 74.8 Å². The van der Waals surface area contributed by atoms with Gasteiger partial charge >= 0.3 is 6.18 Å². The van der Waals surface area contributed by atoms with Crippen molar-refractivity contribution in [2.45, 2.75) is 44.8 Å². The summed E-state index contributed by atoms with van der Waals surface area (Å²) in [6, 6.07) is 11.4. The summed E-state index contributed by atoms with van der Waals surface area (Å²) < 4.78 is 68.6. The fourth-order valence-electron chi connectivity index (χ4n) is 5.41. The minimum atomic E-state index is -4.52. The molecule has 3 heterocycles. The highest BCUT2D eigenvalue weighted by Crippen LogP contribution is 2.33. The van der Waals surface area contributed by atoms with Crippen LogP contribution in [0.4, 0.5) is 22.0 Å². The van der Waals surface area contributed by atoms with E-state index in [2.05, 4.69) is 18.7 Å². The van der Waals surface area contributed by atoms with E-state index in [0.29, 0.717) is 41.3 Å². The summed E-state index contributed by atoms with van der Waals surface area (Å²) >= 11 is 0. The highest BCUT2D eigenvalue weighted by Gasteiger charge is 2.37. The molecule has 2 aliphatic heterocycles. The molecule has 2 fully saturated rings. The van der Waals surface area contributed by atoms with Gasteiger partial charge in [-0.15, -0.1) is 0 Å². The fourth-order valence-corrected chi connectivity index (χ4v) is 5.41. The summed E-state index contributed by atoms with van der Waals surface area (Å²) in [6.45, 7) is 6.67. The lowest BCUT2D eigenvalue weighted by Crippen LogP contribution is -2.50. The summed E-state index contributed by atoms with van der Waals surface area (Å²) in [7, 11) is 0. The van der Waals surface area contributed by atoms with Gasteiger partial charge in [0.05, 0.1) is 11.1 Å². The molecule has 6 nitrogen and oxygen atoms in total. The number of alkyl halides is 5. The molecule has 0 bridgehead atoms. The number of fused-ring (bicyclic) bond motifs is 1. The minimum Gasteiger partial charge on any atom is -0.337 e. The van der Waals surface area contributed by atoms with Crippen LogP contribution in [0.1, 0.15) is 53.1 Å². The molecule has 40 heavy (non-hydrogen) atoms. The standard InChI is InChI=1S/C29H31F5N4O2/c1-19(2)35-13-15-37(16-14-35)26(39)20-3-8-24-21(17-20)18-25(27(40)36-11-9-28(30,31)10-12-36)38(24)23-6-4-22(5-7-23)29(32,33)34/h3-8,17-19H,9-16H2,1-2H3. The van der Waals surface area contributed by atoms with Gasteiger partial charge in [0.2, 0.25) is 0 Å². The monoisotopic (exact) mass is 562 g/mol. The van der Waals surface area contributed by atoms with E-state index < -0.39 is 36.4 Å². The van der Waals surface area contributed by atoms with E-state index in [1.807, 2.05) is 0 Å². The third-order valence-corrected chi connectivity index (χ3v) is 7.83. The summed E-state index contributed by atoms with van der Waals surface area (Å²) in [5, 5.41) is 0.553. The number of hydrogen-bond acceptors (Lipinski definition) is 3. The van der Waals surface area contributed by atoms with Crippen molar-refractivity contribution in [3.05, 3.63) is 65.4 Å².